The van der Waals surface area contributed by atoms with Gasteiger partial charge in [0.05, 0.1) is 11.2 Å². The van der Waals surface area contributed by atoms with Crippen molar-refractivity contribution < 1.29 is 0 Å². The van der Waals surface area contributed by atoms with E-state index < -0.39 is 0 Å². The molecule has 17 heavy (non-hydrogen) atoms. The molecule has 3 aromatic heterocycles. The Bertz CT molecular complexity index is 725. The average molecular weight is 263 g/mol. The van der Waals surface area contributed by atoms with Gasteiger partial charge in [-0.05, 0) is 6.92 Å². The van der Waals surface area contributed by atoms with Crippen molar-refractivity contribution in [1.29, 1.82) is 0 Å². The molecular weight excluding hydrogens is 254 g/mol. The third-order valence-corrected chi connectivity index (χ3v) is 4.32. The van der Waals surface area contributed by atoms with Gasteiger partial charge in [-0.25, -0.2) is 9.97 Å². The third kappa shape index (κ3) is 1.79. The Morgan fingerprint density at radius 2 is 2.24 bits per heavy atom. The van der Waals surface area contributed by atoms with Gasteiger partial charge in [-0.3, -0.25) is 9.20 Å². The Morgan fingerprint density at radius 1 is 1.35 bits per heavy atom. The second-order valence-corrected chi connectivity index (χ2v) is 5.49. The van der Waals surface area contributed by atoms with Gasteiger partial charge in [-0.15, -0.1) is 22.7 Å². The van der Waals surface area contributed by atoms with Crippen LogP contribution in [-0.2, 0) is 6.42 Å². The van der Waals surface area contributed by atoms with Crippen molar-refractivity contribution >= 4 is 27.6 Å². The molecule has 0 amide bonds. The van der Waals surface area contributed by atoms with Crippen LogP contribution in [-0.4, -0.2) is 14.4 Å². The average Bonchev–Trinajstić information content (AvgIpc) is 2.92. The quantitative estimate of drug-likeness (QED) is 0.711. The fourth-order valence-electron chi connectivity index (χ4n) is 1.65. The van der Waals surface area contributed by atoms with Gasteiger partial charge >= 0.3 is 0 Å². The minimum atomic E-state index is 0.0176. The van der Waals surface area contributed by atoms with E-state index in [2.05, 4.69) is 9.97 Å². The number of aryl methyl sites for hydroxylation is 1. The summed E-state index contributed by atoms with van der Waals surface area (Å²) in [7, 11) is 0. The van der Waals surface area contributed by atoms with E-state index in [1.165, 1.54) is 11.3 Å². The van der Waals surface area contributed by atoms with Crippen LogP contribution < -0.4 is 5.56 Å². The number of rotatable bonds is 2. The van der Waals surface area contributed by atoms with Crippen molar-refractivity contribution in [3.05, 3.63) is 49.8 Å². The number of aromatic nitrogens is 3. The summed E-state index contributed by atoms with van der Waals surface area (Å²) in [6.45, 7) is 1.96. The molecule has 0 N–H and O–H groups in total. The Balaban J connectivity index is 2.09. The minimum Gasteiger partial charge on any atom is -0.269 e. The van der Waals surface area contributed by atoms with Gasteiger partial charge in [-0.2, -0.15) is 0 Å². The SMILES string of the molecule is Cc1ncsc1Cc1cnc2sccn2c1=O. The maximum absolute atomic E-state index is 12.1. The second kappa shape index (κ2) is 4.05. The number of nitrogens with zero attached hydrogens (tertiary/aromatic N) is 3. The van der Waals surface area contributed by atoms with Gasteiger partial charge in [0.15, 0.2) is 4.96 Å². The van der Waals surface area contributed by atoms with Crippen molar-refractivity contribution in [2.45, 2.75) is 13.3 Å². The predicted molar refractivity (Wildman–Crippen MR) is 69.0 cm³/mol. The lowest BCUT2D eigenvalue weighted by molar-refractivity contribution is 1.00. The van der Waals surface area contributed by atoms with E-state index in [1.807, 2.05) is 12.3 Å². The van der Waals surface area contributed by atoms with Crippen LogP contribution in [0.4, 0.5) is 0 Å². The van der Waals surface area contributed by atoms with Crippen LogP contribution in [0.2, 0.25) is 0 Å². The van der Waals surface area contributed by atoms with Crippen molar-refractivity contribution in [2.75, 3.05) is 0 Å². The highest BCUT2D eigenvalue weighted by atomic mass is 32.1. The molecular formula is C11H9N3OS2. The summed E-state index contributed by atoms with van der Waals surface area (Å²) in [5.41, 5.74) is 3.53. The van der Waals surface area contributed by atoms with Gasteiger partial charge < -0.3 is 0 Å². The first-order valence-corrected chi connectivity index (χ1v) is 6.84. The fraction of sp³-hybridized carbons (Fsp3) is 0.182. The van der Waals surface area contributed by atoms with Gasteiger partial charge in [0, 0.05) is 34.6 Å². The maximum atomic E-state index is 12.1. The topological polar surface area (TPSA) is 47.3 Å². The Kier molecular flexibility index (Phi) is 2.53. The normalized spacial score (nSPS) is 11.1. The van der Waals surface area contributed by atoms with E-state index in [0.717, 1.165) is 15.5 Å². The monoisotopic (exact) mass is 263 g/mol. The summed E-state index contributed by atoms with van der Waals surface area (Å²) >= 11 is 3.04. The van der Waals surface area contributed by atoms with Crippen LogP contribution in [0.3, 0.4) is 0 Å². The molecule has 0 radical (unpaired) electrons. The highest BCUT2D eigenvalue weighted by Crippen LogP contribution is 2.16. The van der Waals surface area contributed by atoms with Crippen molar-refractivity contribution in [1.82, 2.24) is 14.4 Å². The number of hydrogen-bond donors (Lipinski definition) is 0. The van der Waals surface area contributed by atoms with Crippen LogP contribution in [0.25, 0.3) is 4.96 Å². The molecule has 0 bridgehead atoms. The summed E-state index contributed by atoms with van der Waals surface area (Å²) in [5.74, 6) is 0. The predicted octanol–water partition coefficient (Wildman–Crippen LogP) is 2.11. The molecule has 4 nitrogen and oxygen atoms in total. The number of fused-ring (bicyclic) bond motifs is 1. The Labute approximate surface area is 105 Å². The van der Waals surface area contributed by atoms with E-state index in [4.69, 9.17) is 0 Å². The van der Waals surface area contributed by atoms with Crippen LogP contribution in [0, 0.1) is 6.92 Å². The Hall–Kier alpha value is -1.53. The molecule has 0 saturated heterocycles. The highest BCUT2D eigenvalue weighted by Gasteiger charge is 2.09. The first-order valence-electron chi connectivity index (χ1n) is 5.08. The molecule has 86 valence electrons. The molecule has 0 aliphatic heterocycles. The van der Waals surface area contributed by atoms with Gasteiger partial charge in [0.2, 0.25) is 0 Å². The molecule has 6 heteroatoms. The second-order valence-electron chi connectivity index (χ2n) is 3.68. The largest absolute Gasteiger partial charge is 0.269 e. The lowest BCUT2D eigenvalue weighted by Gasteiger charge is -1.99. The molecule has 0 fully saturated rings. The van der Waals surface area contributed by atoms with Crippen LogP contribution in [0.5, 0.6) is 0 Å². The summed E-state index contributed by atoms with van der Waals surface area (Å²) in [4.78, 5) is 22.5. The zero-order valence-corrected chi connectivity index (χ0v) is 10.7. The van der Waals surface area contributed by atoms with E-state index >= 15 is 0 Å². The lowest BCUT2D eigenvalue weighted by atomic mass is 10.2. The smallest absolute Gasteiger partial charge is 0.262 e. The highest BCUT2D eigenvalue weighted by molar-refractivity contribution is 7.15. The standard InChI is InChI=1S/C11H9N3OS2/c1-7-9(17-6-13-7)4-8-5-12-11-14(10(8)15)2-3-16-11/h2-3,5-6H,4H2,1H3. The summed E-state index contributed by atoms with van der Waals surface area (Å²) in [6, 6.07) is 0. The first kappa shape index (κ1) is 10.6. The van der Waals surface area contributed by atoms with Crippen LogP contribution in [0.15, 0.2) is 28.1 Å². The van der Waals surface area contributed by atoms with Gasteiger partial charge in [0.25, 0.3) is 5.56 Å². The minimum absolute atomic E-state index is 0.0176. The zero-order valence-electron chi connectivity index (χ0n) is 9.08. The molecule has 0 aromatic carbocycles. The fourth-order valence-corrected chi connectivity index (χ4v) is 3.13. The summed E-state index contributed by atoms with van der Waals surface area (Å²) in [5, 5.41) is 1.87. The summed E-state index contributed by atoms with van der Waals surface area (Å²) < 4.78 is 1.59. The van der Waals surface area contributed by atoms with E-state index in [9.17, 15) is 4.79 Å². The molecule has 3 aromatic rings. The Morgan fingerprint density at radius 3 is 3.00 bits per heavy atom. The molecule has 0 aliphatic carbocycles. The lowest BCUT2D eigenvalue weighted by Crippen LogP contribution is -2.17. The van der Waals surface area contributed by atoms with E-state index in [1.54, 1.807) is 33.6 Å². The molecule has 0 aliphatic rings. The molecule has 0 saturated carbocycles. The zero-order chi connectivity index (χ0) is 11.8. The van der Waals surface area contributed by atoms with Gasteiger partial charge in [-0.1, -0.05) is 0 Å². The van der Waals surface area contributed by atoms with Crippen LogP contribution >= 0.6 is 22.7 Å². The maximum Gasteiger partial charge on any atom is 0.262 e. The van der Waals surface area contributed by atoms with Gasteiger partial charge in [0.1, 0.15) is 0 Å². The summed E-state index contributed by atoms with van der Waals surface area (Å²) in [6.07, 6.45) is 4.05. The number of hydrogen-bond acceptors (Lipinski definition) is 5. The number of thiazole rings is 2. The van der Waals surface area contributed by atoms with E-state index in [-0.39, 0.29) is 5.56 Å². The molecule has 3 rings (SSSR count). The van der Waals surface area contributed by atoms with E-state index in [0.29, 0.717) is 12.0 Å². The molecule has 3 heterocycles. The molecule has 0 atom stereocenters. The van der Waals surface area contributed by atoms with Crippen LogP contribution in [0.1, 0.15) is 16.1 Å². The van der Waals surface area contributed by atoms with Crippen molar-refractivity contribution in [3.63, 3.8) is 0 Å². The molecule has 0 unspecified atom stereocenters. The first-order chi connectivity index (χ1) is 8.25. The molecule has 0 spiro atoms. The van der Waals surface area contributed by atoms with Crippen molar-refractivity contribution in [2.24, 2.45) is 0 Å². The third-order valence-electron chi connectivity index (χ3n) is 2.61. The van der Waals surface area contributed by atoms with Crippen molar-refractivity contribution in [3.8, 4) is 0 Å².